The van der Waals surface area contributed by atoms with Gasteiger partial charge in [0.2, 0.25) is 5.91 Å². The Morgan fingerprint density at radius 3 is 2.29 bits per heavy atom. The summed E-state index contributed by atoms with van der Waals surface area (Å²) in [6, 6.07) is 20.2. The van der Waals surface area contributed by atoms with Gasteiger partial charge in [-0.25, -0.2) is 0 Å². The normalized spacial score (nSPS) is 11.9. The van der Waals surface area contributed by atoms with E-state index in [2.05, 4.69) is 35.0 Å². The molecule has 1 atom stereocenters. The Kier molecular flexibility index (Phi) is 4.80. The van der Waals surface area contributed by atoms with Crippen LogP contribution >= 0.6 is 0 Å². The molecule has 1 heterocycles. The van der Waals surface area contributed by atoms with Crippen LogP contribution in [0.2, 0.25) is 0 Å². The maximum absolute atomic E-state index is 12.6. The second kappa shape index (κ2) is 7.18. The summed E-state index contributed by atoms with van der Waals surface area (Å²) in [4.78, 5) is 12.6. The van der Waals surface area contributed by atoms with Gasteiger partial charge in [0.25, 0.3) is 0 Å². The number of aryl methyl sites for hydroxylation is 2. The molecular weight excluding hydrogens is 296 g/mol. The molecule has 1 aromatic heterocycles. The molecule has 0 aliphatic heterocycles. The number of hydrogen-bond donors (Lipinski definition) is 1. The monoisotopic (exact) mass is 318 g/mol. The van der Waals surface area contributed by atoms with Crippen molar-refractivity contribution in [3.63, 3.8) is 0 Å². The fourth-order valence-electron chi connectivity index (χ4n) is 2.94. The van der Waals surface area contributed by atoms with E-state index in [4.69, 9.17) is 0 Å². The molecule has 1 N–H and O–H groups in total. The van der Waals surface area contributed by atoms with Crippen LogP contribution in [0.5, 0.6) is 0 Å². The first kappa shape index (κ1) is 16.1. The molecule has 3 heteroatoms. The summed E-state index contributed by atoms with van der Waals surface area (Å²) in [6.45, 7) is 4.09. The number of aromatic nitrogens is 1. The molecule has 0 fully saturated rings. The van der Waals surface area contributed by atoms with Gasteiger partial charge in [0.15, 0.2) is 0 Å². The minimum absolute atomic E-state index is 0.00953. The molecule has 0 spiro atoms. The van der Waals surface area contributed by atoms with Crippen molar-refractivity contribution in [1.29, 1.82) is 0 Å². The van der Waals surface area contributed by atoms with Crippen molar-refractivity contribution >= 4 is 11.6 Å². The predicted octanol–water partition coefficient (Wildman–Crippen LogP) is 4.72. The molecule has 3 nitrogen and oxygen atoms in total. The SMILES string of the molecule is Cc1cccc(NC(=O)C[C@@H](c2cccc(C)c2)n2cccc2)c1. The van der Waals surface area contributed by atoms with Crippen LogP contribution < -0.4 is 5.32 Å². The van der Waals surface area contributed by atoms with E-state index < -0.39 is 0 Å². The van der Waals surface area contributed by atoms with Crippen molar-refractivity contribution in [3.05, 3.63) is 89.7 Å². The minimum Gasteiger partial charge on any atom is -0.346 e. The van der Waals surface area contributed by atoms with Gasteiger partial charge in [0.05, 0.1) is 12.5 Å². The summed E-state index contributed by atoms with van der Waals surface area (Å²) in [5.41, 5.74) is 4.32. The Balaban J connectivity index is 1.80. The highest BCUT2D eigenvalue weighted by Crippen LogP contribution is 2.24. The maximum atomic E-state index is 12.6. The molecule has 122 valence electrons. The van der Waals surface area contributed by atoms with Gasteiger partial charge < -0.3 is 9.88 Å². The van der Waals surface area contributed by atoms with Crippen LogP contribution in [0, 0.1) is 13.8 Å². The number of amides is 1. The number of rotatable bonds is 5. The zero-order valence-electron chi connectivity index (χ0n) is 14.1. The lowest BCUT2D eigenvalue weighted by molar-refractivity contribution is -0.116. The second-order valence-corrected chi connectivity index (χ2v) is 6.18. The van der Waals surface area contributed by atoms with E-state index in [1.54, 1.807) is 0 Å². The first-order chi connectivity index (χ1) is 11.6. The topological polar surface area (TPSA) is 34.0 Å². The van der Waals surface area contributed by atoms with Gasteiger partial charge in [-0.3, -0.25) is 4.79 Å². The zero-order valence-corrected chi connectivity index (χ0v) is 14.1. The van der Waals surface area contributed by atoms with Crippen LogP contribution in [0.25, 0.3) is 0 Å². The first-order valence-electron chi connectivity index (χ1n) is 8.17. The van der Waals surface area contributed by atoms with E-state index in [0.29, 0.717) is 6.42 Å². The lowest BCUT2D eigenvalue weighted by Crippen LogP contribution is -2.19. The number of benzene rings is 2. The van der Waals surface area contributed by atoms with Gasteiger partial charge >= 0.3 is 0 Å². The second-order valence-electron chi connectivity index (χ2n) is 6.18. The zero-order chi connectivity index (χ0) is 16.9. The van der Waals surface area contributed by atoms with E-state index in [1.165, 1.54) is 5.56 Å². The number of nitrogens with one attached hydrogen (secondary N) is 1. The molecule has 0 aliphatic rings. The highest BCUT2D eigenvalue weighted by Gasteiger charge is 2.17. The van der Waals surface area contributed by atoms with Crippen LogP contribution in [0.4, 0.5) is 5.69 Å². The summed E-state index contributed by atoms with van der Waals surface area (Å²) in [5, 5.41) is 3.01. The molecule has 0 aliphatic carbocycles. The standard InChI is InChI=1S/C21H22N2O/c1-16-7-5-9-18(13-16)20(23-11-3-4-12-23)15-21(24)22-19-10-6-8-17(2)14-19/h3-14,20H,15H2,1-2H3,(H,22,24)/t20-/m0/s1. The lowest BCUT2D eigenvalue weighted by Gasteiger charge is -2.20. The molecule has 24 heavy (non-hydrogen) atoms. The molecule has 0 bridgehead atoms. The number of hydrogen-bond acceptors (Lipinski definition) is 1. The highest BCUT2D eigenvalue weighted by molar-refractivity contribution is 5.91. The molecule has 0 unspecified atom stereocenters. The first-order valence-corrected chi connectivity index (χ1v) is 8.17. The van der Waals surface area contributed by atoms with Crippen molar-refractivity contribution in [1.82, 2.24) is 4.57 Å². The van der Waals surface area contributed by atoms with Gasteiger partial charge in [-0.1, -0.05) is 42.0 Å². The van der Waals surface area contributed by atoms with Gasteiger partial charge in [-0.15, -0.1) is 0 Å². The largest absolute Gasteiger partial charge is 0.346 e. The van der Waals surface area contributed by atoms with Gasteiger partial charge in [0, 0.05) is 18.1 Å². The van der Waals surface area contributed by atoms with Crippen LogP contribution in [-0.2, 0) is 4.79 Å². The Morgan fingerprint density at radius 1 is 0.958 bits per heavy atom. The Labute approximate surface area is 143 Å². The molecule has 2 aromatic carbocycles. The van der Waals surface area contributed by atoms with E-state index in [9.17, 15) is 4.79 Å². The van der Waals surface area contributed by atoms with Crippen molar-refractivity contribution in [2.24, 2.45) is 0 Å². The quantitative estimate of drug-likeness (QED) is 0.725. The number of carbonyl (C=O) groups excluding carboxylic acids is 1. The summed E-state index contributed by atoms with van der Waals surface area (Å²) in [6.07, 6.45) is 4.41. The van der Waals surface area contributed by atoms with Crippen LogP contribution in [-0.4, -0.2) is 10.5 Å². The summed E-state index contributed by atoms with van der Waals surface area (Å²) in [5.74, 6) is 0.0146. The van der Waals surface area contributed by atoms with Gasteiger partial charge in [0.1, 0.15) is 0 Å². The predicted molar refractivity (Wildman–Crippen MR) is 98.2 cm³/mol. The number of anilines is 1. The summed E-state index contributed by atoms with van der Waals surface area (Å²) < 4.78 is 2.09. The lowest BCUT2D eigenvalue weighted by atomic mass is 10.0. The number of carbonyl (C=O) groups is 1. The van der Waals surface area contributed by atoms with Crippen LogP contribution in [0.1, 0.15) is 29.2 Å². The molecule has 0 saturated heterocycles. The van der Waals surface area contributed by atoms with Gasteiger partial charge in [-0.05, 0) is 49.2 Å². The third kappa shape index (κ3) is 3.93. The fraction of sp³-hybridized carbons (Fsp3) is 0.190. The smallest absolute Gasteiger partial charge is 0.226 e. The summed E-state index contributed by atoms with van der Waals surface area (Å²) >= 11 is 0. The third-order valence-corrected chi connectivity index (χ3v) is 4.09. The average molecular weight is 318 g/mol. The van der Waals surface area contributed by atoms with Crippen molar-refractivity contribution < 1.29 is 4.79 Å². The maximum Gasteiger partial charge on any atom is 0.226 e. The molecule has 0 saturated carbocycles. The van der Waals surface area contributed by atoms with E-state index in [1.807, 2.05) is 61.8 Å². The van der Waals surface area contributed by atoms with Crippen LogP contribution in [0.15, 0.2) is 73.1 Å². The molecule has 0 radical (unpaired) electrons. The molecular formula is C21H22N2O. The molecule has 3 rings (SSSR count). The average Bonchev–Trinajstić information content (AvgIpc) is 3.07. The van der Waals surface area contributed by atoms with Crippen molar-refractivity contribution in [2.75, 3.05) is 5.32 Å². The van der Waals surface area contributed by atoms with Crippen LogP contribution in [0.3, 0.4) is 0 Å². The van der Waals surface area contributed by atoms with Crippen molar-refractivity contribution in [2.45, 2.75) is 26.3 Å². The molecule has 1 amide bonds. The minimum atomic E-state index is -0.00953. The van der Waals surface area contributed by atoms with Crippen molar-refractivity contribution in [3.8, 4) is 0 Å². The van der Waals surface area contributed by atoms with E-state index in [-0.39, 0.29) is 11.9 Å². The van der Waals surface area contributed by atoms with Gasteiger partial charge in [-0.2, -0.15) is 0 Å². The van der Waals surface area contributed by atoms with E-state index in [0.717, 1.165) is 16.8 Å². The Hall–Kier alpha value is -2.81. The summed E-state index contributed by atoms with van der Waals surface area (Å²) in [7, 11) is 0. The highest BCUT2D eigenvalue weighted by atomic mass is 16.1. The fourth-order valence-corrected chi connectivity index (χ4v) is 2.94. The Morgan fingerprint density at radius 2 is 1.62 bits per heavy atom. The van der Waals surface area contributed by atoms with E-state index >= 15 is 0 Å². The number of nitrogens with zero attached hydrogens (tertiary/aromatic N) is 1. The molecule has 3 aromatic rings. The third-order valence-electron chi connectivity index (χ3n) is 4.09. The Bertz CT molecular complexity index is 821.